The number of hydrogen-bond donors (Lipinski definition) is 2. The Morgan fingerprint density at radius 1 is 0.941 bits per heavy atom. The number of carbonyl (C=O) groups is 1. The van der Waals surface area contributed by atoms with E-state index in [9.17, 15) is 4.79 Å². The zero-order valence-electron chi connectivity index (χ0n) is 35.1. The van der Waals surface area contributed by atoms with Crippen molar-refractivity contribution in [2.24, 2.45) is 62.9 Å². The summed E-state index contributed by atoms with van der Waals surface area (Å²) in [6.45, 7) is 23.2. The van der Waals surface area contributed by atoms with E-state index >= 15 is 0 Å². The molecule has 0 aliphatic heterocycles. The molecule has 6 rings (SSSR count). The first-order chi connectivity index (χ1) is 24.0. The molecule has 0 aromatic carbocycles. The van der Waals surface area contributed by atoms with Crippen molar-refractivity contribution in [3.8, 4) is 0 Å². The summed E-state index contributed by atoms with van der Waals surface area (Å²) in [5.74, 6) is 5.17. The van der Waals surface area contributed by atoms with Crippen molar-refractivity contribution in [1.29, 1.82) is 0 Å². The van der Waals surface area contributed by atoms with Crippen molar-refractivity contribution < 1.29 is 9.53 Å². The van der Waals surface area contributed by atoms with Gasteiger partial charge in [-0.15, -0.1) is 0 Å². The molecule has 0 heterocycles. The molecular weight excluding hydrogens is 627 g/mol. The van der Waals surface area contributed by atoms with E-state index in [2.05, 4.69) is 85.7 Å². The Kier molecular flexibility index (Phi) is 11.3. The standard InChI is InChI=1S/C46H81N3O2/c1-11-33(32(4)5)15-14-16-34-18-20-38-37-19-17-35-25-36(21-23-44(35,9)39(37)22-24-43(34,38)8)51-40(50)49(30-45(12-2)26-41(6,47)27-45)31-46(13-3)28-42(7,29-46)48-10/h17,32-34,36-39,48H,11-16,18-31,47H2,1-10H3. The summed E-state index contributed by atoms with van der Waals surface area (Å²) in [6, 6.07) is 0. The van der Waals surface area contributed by atoms with E-state index in [-0.39, 0.29) is 39.5 Å². The van der Waals surface area contributed by atoms with Crippen molar-refractivity contribution in [2.75, 3.05) is 20.1 Å². The summed E-state index contributed by atoms with van der Waals surface area (Å²) in [5, 5.41) is 3.55. The van der Waals surface area contributed by atoms with Crippen LogP contribution >= 0.6 is 0 Å². The predicted octanol–water partition coefficient (Wildman–Crippen LogP) is 11.3. The second-order valence-electron chi connectivity index (χ2n) is 21.4. The highest BCUT2D eigenvalue weighted by atomic mass is 16.6. The molecule has 0 spiro atoms. The number of nitrogens with two attached hydrogens (primary N) is 1. The van der Waals surface area contributed by atoms with Crippen molar-refractivity contribution in [1.82, 2.24) is 10.2 Å². The summed E-state index contributed by atoms with van der Waals surface area (Å²) in [4.78, 5) is 16.5. The van der Waals surface area contributed by atoms with E-state index in [0.717, 1.165) is 100.0 Å². The Hall–Kier alpha value is -1.07. The second-order valence-corrected chi connectivity index (χ2v) is 21.4. The van der Waals surface area contributed by atoms with Crippen molar-refractivity contribution >= 4 is 6.09 Å². The van der Waals surface area contributed by atoms with Gasteiger partial charge < -0.3 is 20.7 Å². The third kappa shape index (κ3) is 7.49. The van der Waals surface area contributed by atoms with E-state index in [1.807, 2.05) is 0 Å². The smallest absolute Gasteiger partial charge is 0.410 e. The van der Waals surface area contributed by atoms with Crippen LogP contribution in [0, 0.1) is 57.2 Å². The van der Waals surface area contributed by atoms with Gasteiger partial charge in [-0.25, -0.2) is 4.79 Å². The fraction of sp³-hybridized carbons (Fsp3) is 0.935. The number of amides is 1. The number of rotatable bonds is 14. The van der Waals surface area contributed by atoms with Gasteiger partial charge in [0, 0.05) is 30.6 Å². The minimum atomic E-state index is -0.115. The highest BCUT2D eigenvalue weighted by Crippen LogP contribution is 2.67. The second kappa shape index (κ2) is 14.5. The molecule has 6 aliphatic rings. The Morgan fingerprint density at radius 3 is 2.20 bits per heavy atom. The largest absolute Gasteiger partial charge is 0.446 e. The summed E-state index contributed by atoms with van der Waals surface area (Å²) < 4.78 is 6.61. The highest BCUT2D eigenvalue weighted by Gasteiger charge is 2.59. The maximum absolute atomic E-state index is 14.3. The maximum atomic E-state index is 14.3. The molecular formula is C46H81N3O2. The molecule has 5 heteroatoms. The molecule has 8 atom stereocenters. The van der Waals surface area contributed by atoms with Gasteiger partial charge in [0.05, 0.1) is 0 Å². The molecule has 51 heavy (non-hydrogen) atoms. The fourth-order valence-corrected chi connectivity index (χ4v) is 14.5. The minimum Gasteiger partial charge on any atom is -0.446 e. The van der Waals surface area contributed by atoms with E-state index in [1.165, 1.54) is 64.2 Å². The number of fused-ring (bicyclic) bond motifs is 5. The van der Waals surface area contributed by atoms with E-state index < -0.39 is 0 Å². The number of hydrogen-bond acceptors (Lipinski definition) is 4. The summed E-state index contributed by atoms with van der Waals surface area (Å²) in [5.41, 5.74) is 9.33. The first-order valence-corrected chi connectivity index (χ1v) is 22.1. The van der Waals surface area contributed by atoms with Crippen molar-refractivity contribution in [3.63, 3.8) is 0 Å². The van der Waals surface area contributed by atoms with Gasteiger partial charge in [0.25, 0.3) is 0 Å². The van der Waals surface area contributed by atoms with E-state index in [0.29, 0.717) is 5.41 Å². The van der Waals surface area contributed by atoms with E-state index in [4.69, 9.17) is 10.5 Å². The molecule has 1 amide bonds. The van der Waals surface area contributed by atoms with Gasteiger partial charge in [0.15, 0.2) is 0 Å². The molecule has 0 aromatic heterocycles. The highest BCUT2D eigenvalue weighted by molar-refractivity contribution is 5.68. The van der Waals surface area contributed by atoms with Crippen LogP contribution in [0.3, 0.4) is 0 Å². The third-order valence-corrected chi connectivity index (χ3v) is 17.6. The van der Waals surface area contributed by atoms with Gasteiger partial charge in [-0.05, 0) is 168 Å². The zero-order chi connectivity index (χ0) is 37.0. The molecule has 0 saturated heterocycles. The maximum Gasteiger partial charge on any atom is 0.410 e. The number of ether oxygens (including phenoxy) is 1. The van der Waals surface area contributed by atoms with Crippen LogP contribution in [0.2, 0.25) is 0 Å². The number of allylic oxidation sites excluding steroid dienone is 1. The van der Waals surface area contributed by atoms with Crippen LogP contribution < -0.4 is 11.1 Å². The average Bonchev–Trinajstić information content (AvgIpc) is 3.40. The lowest BCUT2D eigenvalue weighted by Crippen LogP contribution is -2.64. The molecule has 6 aliphatic carbocycles. The molecule has 292 valence electrons. The molecule has 5 nitrogen and oxygen atoms in total. The van der Waals surface area contributed by atoms with Crippen molar-refractivity contribution in [2.45, 2.75) is 195 Å². The number of nitrogens with zero attached hydrogens (tertiary/aromatic N) is 1. The first-order valence-electron chi connectivity index (χ1n) is 22.1. The molecule has 8 unspecified atom stereocenters. The average molecular weight is 708 g/mol. The van der Waals surface area contributed by atoms with Gasteiger partial charge in [-0.1, -0.05) is 79.4 Å². The molecule has 5 saturated carbocycles. The van der Waals surface area contributed by atoms with E-state index in [1.54, 1.807) is 5.57 Å². The lowest BCUT2D eigenvalue weighted by atomic mass is 9.47. The van der Waals surface area contributed by atoms with Crippen LogP contribution in [0.4, 0.5) is 4.79 Å². The SMILES string of the molecule is CCC(CCCC1CCC2C3CC=C4CC(OC(=O)N(CC5(CC)CC(C)(N)C5)CC5(CC)CC(C)(NC)C5)CCC4(C)C3CCC12C)C(C)C. The molecule has 5 fully saturated rings. The van der Waals surface area contributed by atoms with Crippen LogP contribution in [-0.2, 0) is 4.74 Å². The fourth-order valence-electron chi connectivity index (χ4n) is 14.5. The quantitative estimate of drug-likeness (QED) is 0.176. The minimum absolute atomic E-state index is 0.00124. The Balaban J connectivity index is 1.10. The third-order valence-electron chi connectivity index (χ3n) is 17.6. The van der Waals surface area contributed by atoms with Gasteiger partial charge in [0.1, 0.15) is 6.10 Å². The van der Waals surface area contributed by atoms with Gasteiger partial charge >= 0.3 is 6.09 Å². The topological polar surface area (TPSA) is 67.6 Å². The van der Waals surface area contributed by atoms with Gasteiger partial charge in [-0.3, -0.25) is 0 Å². The Morgan fingerprint density at radius 2 is 1.61 bits per heavy atom. The van der Waals surface area contributed by atoms with Crippen LogP contribution in [-0.4, -0.2) is 48.3 Å². The van der Waals surface area contributed by atoms with Gasteiger partial charge in [-0.2, -0.15) is 0 Å². The monoisotopic (exact) mass is 708 g/mol. The normalized spacial score (nSPS) is 45.1. The summed E-state index contributed by atoms with van der Waals surface area (Å²) in [7, 11) is 2.08. The predicted molar refractivity (Wildman–Crippen MR) is 213 cm³/mol. The lowest BCUT2D eigenvalue weighted by molar-refractivity contribution is -0.0646. The van der Waals surface area contributed by atoms with Crippen LogP contribution in [0.1, 0.15) is 178 Å². The first kappa shape index (κ1) is 39.6. The summed E-state index contributed by atoms with van der Waals surface area (Å²) >= 11 is 0. The Bertz CT molecular complexity index is 1260. The molecule has 0 radical (unpaired) electrons. The Labute approximate surface area is 314 Å². The molecule has 3 N–H and O–H groups in total. The molecule has 0 bridgehead atoms. The van der Waals surface area contributed by atoms with Gasteiger partial charge in [0.2, 0.25) is 0 Å². The summed E-state index contributed by atoms with van der Waals surface area (Å²) in [6.07, 6.45) is 24.7. The lowest BCUT2D eigenvalue weighted by Gasteiger charge is -2.59. The van der Waals surface area contributed by atoms with Crippen molar-refractivity contribution in [3.05, 3.63) is 11.6 Å². The number of nitrogens with one attached hydrogen (secondary N) is 1. The van der Waals surface area contributed by atoms with Crippen LogP contribution in [0.25, 0.3) is 0 Å². The zero-order valence-corrected chi connectivity index (χ0v) is 35.1. The van der Waals surface area contributed by atoms with Crippen LogP contribution in [0.15, 0.2) is 11.6 Å². The number of carbonyl (C=O) groups excluding carboxylic acids is 1. The van der Waals surface area contributed by atoms with Crippen LogP contribution in [0.5, 0.6) is 0 Å². The molecule has 0 aromatic rings.